The van der Waals surface area contributed by atoms with Gasteiger partial charge >= 0.3 is 12.1 Å². The maximum Gasteiger partial charge on any atom is 0.408 e. The van der Waals surface area contributed by atoms with E-state index in [1.807, 2.05) is 36.4 Å². The van der Waals surface area contributed by atoms with Crippen LogP contribution in [0.1, 0.15) is 24.0 Å². The zero-order valence-electron chi connectivity index (χ0n) is 14.8. The van der Waals surface area contributed by atoms with E-state index >= 15 is 0 Å². The SMILES string of the molecule is CNC[C@](C)(NC(=O)OCC1c2ccccc2-c2ccccc21)C(=O)O. The Morgan fingerprint density at radius 3 is 2.12 bits per heavy atom. The molecular formula is C20H22N2O4. The van der Waals surface area contributed by atoms with E-state index < -0.39 is 17.6 Å². The number of carbonyl (C=O) groups is 2. The summed E-state index contributed by atoms with van der Waals surface area (Å²) in [6.07, 6.45) is -0.744. The Labute approximate surface area is 152 Å². The molecule has 1 aliphatic rings. The average Bonchev–Trinajstić information content (AvgIpc) is 2.94. The molecule has 0 fully saturated rings. The van der Waals surface area contributed by atoms with Crippen LogP contribution in [0.25, 0.3) is 11.1 Å². The summed E-state index contributed by atoms with van der Waals surface area (Å²) in [5.41, 5.74) is 3.07. The summed E-state index contributed by atoms with van der Waals surface area (Å²) in [4.78, 5) is 23.6. The van der Waals surface area contributed by atoms with Gasteiger partial charge in [-0.25, -0.2) is 9.59 Å². The second-order valence-corrected chi connectivity index (χ2v) is 6.62. The number of aliphatic carboxylic acids is 1. The molecule has 0 aliphatic heterocycles. The maximum absolute atomic E-state index is 12.2. The predicted octanol–water partition coefficient (Wildman–Crippen LogP) is 2.59. The van der Waals surface area contributed by atoms with Crippen molar-refractivity contribution in [1.29, 1.82) is 0 Å². The molecule has 0 radical (unpaired) electrons. The molecule has 0 bridgehead atoms. The summed E-state index contributed by atoms with van der Waals surface area (Å²) in [6.45, 7) is 1.68. The van der Waals surface area contributed by atoms with Gasteiger partial charge in [-0.1, -0.05) is 48.5 Å². The number of hydrogen-bond donors (Lipinski definition) is 3. The first-order chi connectivity index (χ1) is 12.5. The molecule has 0 spiro atoms. The molecule has 6 nitrogen and oxygen atoms in total. The first-order valence-corrected chi connectivity index (χ1v) is 8.47. The Morgan fingerprint density at radius 1 is 1.08 bits per heavy atom. The second kappa shape index (κ2) is 7.17. The van der Waals surface area contributed by atoms with Gasteiger partial charge < -0.3 is 20.5 Å². The van der Waals surface area contributed by atoms with Crippen LogP contribution < -0.4 is 10.6 Å². The lowest BCUT2D eigenvalue weighted by molar-refractivity contribution is -0.143. The van der Waals surface area contributed by atoms with Crippen LogP contribution in [-0.4, -0.2) is 42.9 Å². The number of alkyl carbamates (subject to hydrolysis) is 1. The minimum atomic E-state index is -1.43. The van der Waals surface area contributed by atoms with Gasteiger partial charge in [0.05, 0.1) is 0 Å². The van der Waals surface area contributed by atoms with Gasteiger partial charge in [-0.2, -0.15) is 0 Å². The zero-order chi connectivity index (χ0) is 18.7. The monoisotopic (exact) mass is 354 g/mol. The normalized spacial score (nSPS) is 14.8. The third kappa shape index (κ3) is 3.28. The highest BCUT2D eigenvalue weighted by molar-refractivity contribution is 5.84. The molecule has 2 aromatic rings. The van der Waals surface area contributed by atoms with E-state index in [1.165, 1.54) is 6.92 Å². The number of carboxylic acids is 1. The Morgan fingerprint density at radius 2 is 1.62 bits per heavy atom. The Balaban J connectivity index is 1.74. The van der Waals surface area contributed by atoms with E-state index in [0.717, 1.165) is 22.3 Å². The largest absolute Gasteiger partial charge is 0.479 e. The van der Waals surface area contributed by atoms with Crippen LogP contribution in [0.3, 0.4) is 0 Å². The van der Waals surface area contributed by atoms with Gasteiger partial charge in [-0.3, -0.25) is 0 Å². The van der Waals surface area contributed by atoms with Gasteiger partial charge in [0.2, 0.25) is 0 Å². The fraction of sp³-hybridized carbons (Fsp3) is 0.300. The van der Waals surface area contributed by atoms with Crippen LogP contribution >= 0.6 is 0 Å². The molecule has 3 N–H and O–H groups in total. The quantitative estimate of drug-likeness (QED) is 0.742. The van der Waals surface area contributed by atoms with E-state index in [-0.39, 0.29) is 19.1 Å². The van der Waals surface area contributed by atoms with E-state index in [2.05, 4.69) is 22.8 Å². The standard InChI is InChI=1S/C20H22N2O4/c1-20(12-21-2,18(23)24)22-19(25)26-11-17-15-9-5-3-7-13(15)14-8-4-6-10-16(14)17/h3-10,17,21H,11-12H2,1-2H3,(H,22,25)(H,23,24)/t20-/m0/s1. The Kier molecular flexibility index (Phi) is 4.95. The van der Waals surface area contributed by atoms with Crippen molar-refractivity contribution in [3.05, 3.63) is 59.7 Å². The highest BCUT2D eigenvalue weighted by Crippen LogP contribution is 2.44. The zero-order valence-corrected chi connectivity index (χ0v) is 14.8. The predicted molar refractivity (Wildman–Crippen MR) is 98.2 cm³/mol. The lowest BCUT2D eigenvalue weighted by Gasteiger charge is -2.25. The van der Waals surface area contributed by atoms with Crippen molar-refractivity contribution in [3.8, 4) is 11.1 Å². The van der Waals surface area contributed by atoms with Crippen molar-refractivity contribution in [2.75, 3.05) is 20.2 Å². The number of carboxylic acid groups (broad SMARTS) is 1. The van der Waals surface area contributed by atoms with Crippen molar-refractivity contribution in [2.24, 2.45) is 0 Å². The van der Waals surface area contributed by atoms with Crippen molar-refractivity contribution >= 4 is 12.1 Å². The number of hydrogen-bond acceptors (Lipinski definition) is 4. The molecule has 0 saturated carbocycles. The fourth-order valence-electron chi connectivity index (χ4n) is 3.39. The molecule has 1 aliphatic carbocycles. The molecule has 136 valence electrons. The molecule has 1 atom stereocenters. The van der Waals surface area contributed by atoms with Crippen molar-refractivity contribution < 1.29 is 19.4 Å². The summed E-state index contributed by atoms with van der Waals surface area (Å²) >= 11 is 0. The van der Waals surface area contributed by atoms with Crippen LogP contribution in [0.5, 0.6) is 0 Å². The molecule has 1 amide bonds. The van der Waals surface area contributed by atoms with Gasteiger partial charge in [0, 0.05) is 12.5 Å². The first kappa shape index (κ1) is 17.9. The number of amides is 1. The van der Waals surface area contributed by atoms with Crippen molar-refractivity contribution in [1.82, 2.24) is 10.6 Å². The number of carbonyl (C=O) groups excluding carboxylic acids is 1. The molecule has 0 aromatic heterocycles. The smallest absolute Gasteiger partial charge is 0.408 e. The van der Waals surface area contributed by atoms with Gasteiger partial charge in [0.25, 0.3) is 0 Å². The number of likely N-dealkylation sites (N-methyl/N-ethyl adjacent to an activating group) is 1. The summed E-state index contributed by atoms with van der Waals surface area (Å²) in [5, 5.41) is 14.6. The van der Waals surface area contributed by atoms with Crippen LogP contribution in [-0.2, 0) is 9.53 Å². The molecule has 0 heterocycles. The maximum atomic E-state index is 12.2. The first-order valence-electron chi connectivity index (χ1n) is 8.47. The summed E-state index contributed by atoms with van der Waals surface area (Å²) in [6, 6.07) is 16.1. The minimum absolute atomic E-state index is 0.0615. The number of nitrogens with one attached hydrogen (secondary N) is 2. The summed E-state index contributed by atoms with van der Waals surface area (Å²) in [5.74, 6) is -1.19. The van der Waals surface area contributed by atoms with E-state index in [4.69, 9.17) is 4.74 Å². The van der Waals surface area contributed by atoms with Gasteiger partial charge in [-0.15, -0.1) is 0 Å². The molecule has 0 unspecified atom stereocenters. The topological polar surface area (TPSA) is 87.7 Å². The highest BCUT2D eigenvalue weighted by Gasteiger charge is 2.35. The lowest BCUT2D eigenvalue weighted by Crippen LogP contribution is -2.57. The van der Waals surface area contributed by atoms with Crippen molar-refractivity contribution in [2.45, 2.75) is 18.4 Å². The molecule has 3 rings (SSSR count). The van der Waals surface area contributed by atoms with E-state index in [0.29, 0.717) is 0 Å². The summed E-state index contributed by atoms with van der Waals surface area (Å²) in [7, 11) is 1.63. The van der Waals surface area contributed by atoms with Crippen LogP contribution in [0.4, 0.5) is 4.79 Å². The van der Waals surface area contributed by atoms with Gasteiger partial charge in [-0.05, 0) is 36.2 Å². The lowest BCUT2D eigenvalue weighted by atomic mass is 9.98. The fourth-order valence-corrected chi connectivity index (χ4v) is 3.39. The van der Waals surface area contributed by atoms with Crippen LogP contribution in [0.15, 0.2) is 48.5 Å². The summed E-state index contributed by atoms with van der Waals surface area (Å²) < 4.78 is 5.39. The third-order valence-corrected chi connectivity index (χ3v) is 4.72. The number of fused-ring (bicyclic) bond motifs is 3. The Bertz CT molecular complexity index is 791. The third-order valence-electron chi connectivity index (χ3n) is 4.72. The van der Waals surface area contributed by atoms with Gasteiger partial charge in [0.15, 0.2) is 0 Å². The van der Waals surface area contributed by atoms with E-state index in [1.54, 1.807) is 7.05 Å². The molecule has 26 heavy (non-hydrogen) atoms. The van der Waals surface area contributed by atoms with Crippen LogP contribution in [0.2, 0.25) is 0 Å². The Hall–Kier alpha value is -2.86. The van der Waals surface area contributed by atoms with Gasteiger partial charge in [0.1, 0.15) is 12.1 Å². The molecule has 2 aromatic carbocycles. The van der Waals surface area contributed by atoms with E-state index in [9.17, 15) is 14.7 Å². The number of rotatable bonds is 6. The number of benzene rings is 2. The number of ether oxygens (including phenoxy) is 1. The average molecular weight is 354 g/mol. The minimum Gasteiger partial charge on any atom is -0.479 e. The molecule has 6 heteroatoms. The van der Waals surface area contributed by atoms with Crippen LogP contribution in [0, 0.1) is 0 Å². The highest BCUT2D eigenvalue weighted by atomic mass is 16.5. The second-order valence-electron chi connectivity index (χ2n) is 6.62. The molecule has 0 saturated heterocycles. The van der Waals surface area contributed by atoms with Crippen molar-refractivity contribution in [3.63, 3.8) is 0 Å². The molecular weight excluding hydrogens is 332 g/mol.